The van der Waals surface area contributed by atoms with Crippen molar-refractivity contribution in [2.45, 2.75) is 135 Å². The topological polar surface area (TPSA) is 205 Å². The number of ether oxygens (including phenoxy) is 3. The lowest BCUT2D eigenvalue weighted by Crippen LogP contribution is -2.61. The zero-order chi connectivity index (χ0) is 40.8. The Morgan fingerprint density at radius 2 is 1.61 bits per heavy atom. The van der Waals surface area contributed by atoms with Gasteiger partial charge in [-0.2, -0.15) is 0 Å². The van der Waals surface area contributed by atoms with E-state index in [-0.39, 0.29) is 18.9 Å². The molecule has 0 bridgehead atoms. The molecule has 54 heavy (non-hydrogen) atoms. The van der Waals surface area contributed by atoms with Crippen LogP contribution in [0.4, 0.5) is 4.79 Å². The highest BCUT2D eigenvalue weighted by molar-refractivity contribution is 5.94. The number of likely N-dealkylation sites (tertiary alicyclic amines) is 1. The molecule has 3 rings (SSSR count). The Bertz CT molecular complexity index is 1510. The number of nitrogens with one attached hydrogen (secondary N) is 4. The average Bonchev–Trinajstić information content (AvgIpc) is 3.56. The molecule has 1 unspecified atom stereocenters. The summed E-state index contributed by atoms with van der Waals surface area (Å²) in [5.41, 5.74) is -1.08. The molecule has 0 saturated carbocycles. The third-order valence-electron chi connectivity index (χ3n) is 8.97. The molecule has 1 aromatic carbocycles. The molecule has 5 N–H and O–H groups in total. The third kappa shape index (κ3) is 11.9. The maximum absolute atomic E-state index is 14.3. The number of hydrogen-bond donors (Lipinski definition) is 5. The number of unbranched alkanes of at least 4 members (excludes halogenated alkanes) is 1. The Morgan fingerprint density at radius 3 is 2.17 bits per heavy atom. The van der Waals surface area contributed by atoms with Gasteiger partial charge in [-0.3, -0.25) is 24.0 Å². The third-order valence-corrected chi connectivity index (χ3v) is 8.97. The molecule has 0 aromatic heterocycles. The fraction of sp³-hybridized carbons (Fsp3) is 0.684. The first-order valence-electron chi connectivity index (χ1n) is 18.4. The fourth-order valence-electron chi connectivity index (χ4n) is 6.37. The molecule has 0 spiro atoms. The molecule has 0 aliphatic carbocycles. The lowest BCUT2D eigenvalue weighted by Gasteiger charge is -2.37. The monoisotopic (exact) mass is 760 g/mol. The zero-order valence-corrected chi connectivity index (χ0v) is 33.5. The number of benzene rings is 1. The van der Waals surface area contributed by atoms with Gasteiger partial charge in [0.1, 0.15) is 35.9 Å². The van der Waals surface area contributed by atoms with Crippen LogP contribution in [0.1, 0.15) is 93.2 Å². The van der Waals surface area contributed by atoms with Crippen molar-refractivity contribution in [3.63, 3.8) is 0 Å². The molecule has 2 heterocycles. The molecular formula is C38H60N6O10. The van der Waals surface area contributed by atoms with Crippen molar-refractivity contribution in [3.8, 4) is 0 Å². The number of rotatable bonds is 14. The second-order valence-electron chi connectivity index (χ2n) is 16.6. The standard InChI is InChI=1S/C38H60N6O10/c1-12-13-19-23(28(46)32(48)39-20-25(45)41-26(33(49)43(10)11)22-17-15-14-16-18-22)40-31(47)27-29-24(52-38(8,9)53-29)21-44(27)34(50)30(36(2,3)4)42-35(51)54-37(5,6)7/h14-18,23-24,26-30,46H,12-13,19-21H2,1-11H3,(H,39,48)(H,40,47)(H,41,45)(H,42,51)/t23-,24+,26?,27+,28+,29+,30-/m1/s1. The first kappa shape index (κ1) is 44.1. The van der Waals surface area contributed by atoms with Gasteiger partial charge in [-0.25, -0.2) is 4.79 Å². The Morgan fingerprint density at radius 1 is 0.981 bits per heavy atom. The van der Waals surface area contributed by atoms with E-state index in [4.69, 9.17) is 14.2 Å². The van der Waals surface area contributed by atoms with Gasteiger partial charge in [0.25, 0.3) is 5.91 Å². The summed E-state index contributed by atoms with van der Waals surface area (Å²) in [4.78, 5) is 83.1. The van der Waals surface area contributed by atoms with E-state index in [1.165, 1.54) is 9.80 Å². The summed E-state index contributed by atoms with van der Waals surface area (Å²) in [7, 11) is 3.12. The van der Waals surface area contributed by atoms with E-state index in [1.807, 2.05) is 6.92 Å². The van der Waals surface area contributed by atoms with Crippen LogP contribution < -0.4 is 21.3 Å². The minimum Gasteiger partial charge on any atom is -0.444 e. The average molecular weight is 761 g/mol. The lowest BCUT2D eigenvalue weighted by molar-refractivity contribution is -0.171. The molecular weight excluding hydrogens is 700 g/mol. The number of fused-ring (bicyclic) bond motifs is 1. The number of carbonyl (C=O) groups excluding carboxylic acids is 6. The number of aliphatic hydroxyl groups is 1. The summed E-state index contributed by atoms with van der Waals surface area (Å²) in [6, 6.07) is 4.17. The molecule has 2 aliphatic rings. The van der Waals surface area contributed by atoms with E-state index in [2.05, 4.69) is 21.3 Å². The Hall–Kier alpha value is -4.28. The summed E-state index contributed by atoms with van der Waals surface area (Å²) in [6.45, 7) is 15.1. The molecule has 0 radical (unpaired) electrons. The van der Waals surface area contributed by atoms with Crippen LogP contribution in [0.2, 0.25) is 0 Å². The quantitative estimate of drug-likeness (QED) is 0.186. The number of hydrogen-bond acceptors (Lipinski definition) is 10. The number of amides is 6. The second-order valence-corrected chi connectivity index (χ2v) is 16.6. The van der Waals surface area contributed by atoms with Crippen LogP contribution in [-0.4, -0.2) is 126 Å². The normalized spacial score (nSPS) is 21.5. The summed E-state index contributed by atoms with van der Waals surface area (Å²) in [6.07, 6.45) is -2.75. The highest BCUT2D eigenvalue weighted by Crippen LogP contribution is 2.38. The van der Waals surface area contributed by atoms with Gasteiger partial charge < -0.3 is 50.4 Å². The number of nitrogens with zero attached hydrogens (tertiary/aromatic N) is 2. The molecule has 2 saturated heterocycles. The van der Waals surface area contributed by atoms with Crippen LogP contribution in [0.3, 0.4) is 0 Å². The zero-order valence-electron chi connectivity index (χ0n) is 33.5. The molecule has 302 valence electrons. The SMILES string of the molecule is CCCC[C@@H](NC(=O)[C@@H]1[C@H]2OC(C)(C)O[C@H]2CN1C(=O)[C@@H](NC(=O)OC(C)(C)C)C(C)(C)C)[C@H](O)C(=O)NCC(=O)NC(C(=O)N(C)C)c1ccccc1. The molecule has 7 atom stereocenters. The van der Waals surface area contributed by atoms with Crippen molar-refractivity contribution in [3.05, 3.63) is 35.9 Å². The first-order valence-corrected chi connectivity index (χ1v) is 18.4. The van der Waals surface area contributed by atoms with Gasteiger partial charge in [-0.1, -0.05) is 70.9 Å². The second kappa shape index (κ2) is 17.9. The molecule has 2 fully saturated rings. The van der Waals surface area contributed by atoms with E-state index in [0.29, 0.717) is 18.4 Å². The molecule has 6 amide bonds. The molecule has 16 heteroatoms. The van der Waals surface area contributed by atoms with E-state index in [1.54, 1.807) is 99.8 Å². The number of carbonyl (C=O) groups is 6. The molecule has 16 nitrogen and oxygen atoms in total. The Balaban J connectivity index is 1.80. The summed E-state index contributed by atoms with van der Waals surface area (Å²) >= 11 is 0. The van der Waals surface area contributed by atoms with Crippen molar-refractivity contribution in [2.75, 3.05) is 27.2 Å². The van der Waals surface area contributed by atoms with Crippen molar-refractivity contribution < 1.29 is 48.1 Å². The van der Waals surface area contributed by atoms with E-state index in [9.17, 15) is 33.9 Å². The first-order chi connectivity index (χ1) is 25.0. The molecule has 2 aliphatic heterocycles. The maximum atomic E-state index is 14.3. The number of alkyl carbamates (subject to hydrolysis) is 1. The van der Waals surface area contributed by atoms with E-state index in [0.717, 1.165) is 0 Å². The smallest absolute Gasteiger partial charge is 0.408 e. The highest BCUT2D eigenvalue weighted by atomic mass is 16.8. The van der Waals surface area contributed by atoms with Crippen molar-refractivity contribution in [1.82, 2.24) is 31.1 Å². The van der Waals surface area contributed by atoms with Crippen LogP contribution >= 0.6 is 0 Å². The van der Waals surface area contributed by atoms with Gasteiger partial charge in [0.15, 0.2) is 11.9 Å². The van der Waals surface area contributed by atoms with Crippen LogP contribution in [0.25, 0.3) is 0 Å². The van der Waals surface area contributed by atoms with Crippen molar-refractivity contribution in [2.24, 2.45) is 5.41 Å². The summed E-state index contributed by atoms with van der Waals surface area (Å²) in [5.74, 6) is -4.28. The summed E-state index contributed by atoms with van der Waals surface area (Å²) < 4.78 is 17.6. The Kier molecular flexibility index (Phi) is 14.6. The van der Waals surface area contributed by atoms with Crippen molar-refractivity contribution >= 4 is 35.6 Å². The van der Waals surface area contributed by atoms with E-state index >= 15 is 0 Å². The predicted octanol–water partition coefficient (Wildman–Crippen LogP) is 1.75. The van der Waals surface area contributed by atoms with Gasteiger partial charge in [0, 0.05) is 14.1 Å². The summed E-state index contributed by atoms with van der Waals surface area (Å²) in [5, 5.41) is 21.7. The van der Waals surface area contributed by atoms with Crippen LogP contribution in [-0.2, 0) is 38.2 Å². The van der Waals surface area contributed by atoms with Crippen LogP contribution in [0.5, 0.6) is 0 Å². The highest BCUT2D eigenvalue weighted by Gasteiger charge is 2.58. The van der Waals surface area contributed by atoms with Crippen LogP contribution in [0.15, 0.2) is 30.3 Å². The molecule has 1 aromatic rings. The number of aliphatic hydroxyl groups excluding tert-OH is 1. The maximum Gasteiger partial charge on any atom is 0.408 e. The van der Waals surface area contributed by atoms with Gasteiger partial charge in [-0.15, -0.1) is 0 Å². The Labute approximate surface area is 318 Å². The predicted molar refractivity (Wildman–Crippen MR) is 198 cm³/mol. The van der Waals surface area contributed by atoms with Gasteiger partial charge in [-0.05, 0) is 52.0 Å². The van der Waals surface area contributed by atoms with Crippen molar-refractivity contribution in [1.29, 1.82) is 0 Å². The van der Waals surface area contributed by atoms with E-state index < -0.39 is 95.5 Å². The minimum atomic E-state index is -1.78. The lowest BCUT2D eigenvalue weighted by atomic mass is 9.85. The van der Waals surface area contributed by atoms with Crippen LogP contribution in [0, 0.1) is 5.41 Å². The fourth-order valence-corrected chi connectivity index (χ4v) is 6.37. The largest absolute Gasteiger partial charge is 0.444 e. The van der Waals surface area contributed by atoms with Gasteiger partial charge >= 0.3 is 6.09 Å². The number of likely N-dealkylation sites (N-methyl/N-ethyl adjacent to an activating group) is 1. The minimum absolute atomic E-state index is 0.0221. The van der Waals surface area contributed by atoms with Gasteiger partial charge in [0.05, 0.1) is 19.1 Å². The van der Waals surface area contributed by atoms with Gasteiger partial charge in [0.2, 0.25) is 23.6 Å².